The first-order chi connectivity index (χ1) is 16.4. The lowest BCUT2D eigenvalue weighted by Crippen LogP contribution is -2.47. The number of aliphatic hydroxyl groups excluding tert-OH is 1. The fraction of sp³-hybridized carbons (Fsp3) is 0.583. The van der Waals surface area contributed by atoms with Crippen molar-refractivity contribution in [1.82, 2.24) is 14.3 Å². The number of nitrogens with zero attached hydrogens (tertiary/aromatic N) is 4. The van der Waals surface area contributed by atoms with Crippen LogP contribution < -0.4 is 9.64 Å². The van der Waals surface area contributed by atoms with Crippen molar-refractivity contribution in [3.63, 3.8) is 0 Å². The Labute approximate surface area is 215 Å². The number of hydrogen-bond acceptors (Lipinski definition) is 8. The summed E-state index contributed by atoms with van der Waals surface area (Å²) >= 11 is 1.42. The fourth-order valence-electron chi connectivity index (χ4n) is 4.41. The highest BCUT2D eigenvalue weighted by atomic mass is 35.5. The van der Waals surface area contributed by atoms with E-state index in [-0.39, 0.29) is 54.5 Å². The minimum Gasteiger partial charge on any atom is -0.477 e. The highest BCUT2D eigenvalue weighted by molar-refractivity contribution is 7.09. The highest BCUT2D eigenvalue weighted by Crippen LogP contribution is 2.30. The van der Waals surface area contributed by atoms with Crippen molar-refractivity contribution in [2.45, 2.75) is 64.0 Å². The van der Waals surface area contributed by atoms with Crippen molar-refractivity contribution >= 4 is 40.8 Å². The van der Waals surface area contributed by atoms with Crippen LogP contribution in [0.5, 0.6) is 5.75 Å². The molecule has 2 aliphatic rings. The Bertz CT molecular complexity index is 1030. The number of benzene rings is 1. The summed E-state index contributed by atoms with van der Waals surface area (Å²) in [5.74, 6) is 0.140. The molecule has 1 atom stereocenters. The second kappa shape index (κ2) is 12.1. The number of carbonyl (C=O) groups excluding carboxylic acids is 2. The molecular formula is C24H32ClFN4O4S. The summed E-state index contributed by atoms with van der Waals surface area (Å²) in [6, 6.07) is 4.18. The maximum absolute atomic E-state index is 14.6. The SMILES string of the molecule is CC(C)c1nsc(N2CCC(N3CCC(Oc4ccc(C(=O)CCCO)cc4F)C3=O)CC2)n1.Cl. The van der Waals surface area contributed by atoms with Gasteiger partial charge in [-0.1, -0.05) is 13.8 Å². The number of likely N-dealkylation sites (tertiary alicyclic amines) is 1. The molecule has 192 valence electrons. The number of anilines is 1. The lowest BCUT2D eigenvalue weighted by atomic mass is 10.0. The molecule has 3 heterocycles. The van der Waals surface area contributed by atoms with Gasteiger partial charge in [-0.3, -0.25) is 9.59 Å². The molecule has 1 aromatic heterocycles. The number of amides is 1. The summed E-state index contributed by atoms with van der Waals surface area (Å²) in [4.78, 5) is 33.8. The molecule has 4 rings (SSSR count). The topological polar surface area (TPSA) is 95.9 Å². The van der Waals surface area contributed by atoms with Crippen molar-refractivity contribution in [3.8, 4) is 5.75 Å². The largest absolute Gasteiger partial charge is 0.477 e. The first-order valence-electron chi connectivity index (χ1n) is 11.9. The van der Waals surface area contributed by atoms with E-state index in [4.69, 9.17) is 9.84 Å². The van der Waals surface area contributed by atoms with Gasteiger partial charge < -0.3 is 19.6 Å². The predicted molar refractivity (Wildman–Crippen MR) is 134 cm³/mol. The van der Waals surface area contributed by atoms with Crippen molar-refractivity contribution in [1.29, 1.82) is 0 Å². The molecule has 0 saturated carbocycles. The Hall–Kier alpha value is -2.30. The number of aliphatic hydroxyl groups is 1. The number of piperidine rings is 1. The minimum absolute atomic E-state index is 0. The van der Waals surface area contributed by atoms with Gasteiger partial charge in [-0.25, -0.2) is 9.37 Å². The van der Waals surface area contributed by atoms with E-state index in [1.807, 2.05) is 4.90 Å². The fourth-order valence-corrected chi connectivity index (χ4v) is 5.27. The van der Waals surface area contributed by atoms with Gasteiger partial charge in [0.1, 0.15) is 5.82 Å². The summed E-state index contributed by atoms with van der Waals surface area (Å²) in [5, 5.41) is 9.79. The second-order valence-electron chi connectivity index (χ2n) is 9.13. The van der Waals surface area contributed by atoms with E-state index in [2.05, 4.69) is 28.1 Å². The zero-order valence-corrected chi connectivity index (χ0v) is 21.6. The summed E-state index contributed by atoms with van der Waals surface area (Å²) in [6.07, 6.45) is 1.96. The zero-order chi connectivity index (χ0) is 24.2. The van der Waals surface area contributed by atoms with E-state index in [1.54, 1.807) is 0 Å². The van der Waals surface area contributed by atoms with Crippen LogP contribution in [0.1, 0.15) is 68.1 Å². The number of hydrogen-bond donors (Lipinski definition) is 1. The third-order valence-electron chi connectivity index (χ3n) is 6.40. The van der Waals surface area contributed by atoms with E-state index in [1.165, 1.54) is 23.7 Å². The smallest absolute Gasteiger partial charge is 0.263 e. The molecular weight excluding hydrogens is 495 g/mol. The van der Waals surface area contributed by atoms with Crippen LogP contribution in [0, 0.1) is 5.82 Å². The van der Waals surface area contributed by atoms with Gasteiger partial charge in [-0.15, -0.1) is 12.4 Å². The molecule has 1 aromatic carbocycles. The first-order valence-corrected chi connectivity index (χ1v) is 12.6. The number of carbonyl (C=O) groups is 2. The van der Waals surface area contributed by atoms with Crippen molar-refractivity contribution in [2.24, 2.45) is 0 Å². The van der Waals surface area contributed by atoms with Crippen LogP contribution in [-0.2, 0) is 4.79 Å². The van der Waals surface area contributed by atoms with Crippen molar-refractivity contribution in [3.05, 3.63) is 35.4 Å². The highest BCUT2D eigenvalue weighted by Gasteiger charge is 2.39. The van der Waals surface area contributed by atoms with Crippen LogP contribution in [0.2, 0.25) is 0 Å². The van der Waals surface area contributed by atoms with Gasteiger partial charge in [0.2, 0.25) is 5.13 Å². The molecule has 1 N–H and O–H groups in total. The van der Waals surface area contributed by atoms with Crippen molar-refractivity contribution < 1.29 is 23.8 Å². The summed E-state index contributed by atoms with van der Waals surface area (Å²) in [7, 11) is 0. The van der Waals surface area contributed by atoms with Gasteiger partial charge in [-0.05, 0) is 37.5 Å². The Morgan fingerprint density at radius 2 is 2.00 bits per heavy atom. The normalized spacial score (nSPS) is 18.8. The number of rotatable bonds is 9. The van der Waals surface area contributed by atoms with Gasteiger partial charge in [0, 0.05) is 68.1 Å². The predicted octanol–water partition coefficient (Wildman–Crippen LogP) is 3.83. The Balaban J connectivity index is 0.00000342. The number of halogens is 2. The van der Waals surface area contributed by atoms with Gasteiger partial charge in [0.05, 0.1) is 0 Å². The molecule has 0 bridgehead atoms. The third-order valence-corrected chi connectivity index (χ3v) is 7.19. The van der Waals surface area contributed by atoms with E-state index in [9.17, 15) is 14.0 Å². The molecule has 2 aromatic rings. The van der Waals surface area contributed by atoms with E-state index < -0.39 is 11.9 Å². The first kappa shape index (κ1) is 27.3. The van der Waals surface area contributed by atoms with Crippen molar-refractivity contribution in [2.75, 3.05) is 31.1 Å². The average molecular weight is 527 g/mol. The molecule has 2 fully saturated rings. The van der Waals surface area contributed by atoms with Gasteiger partial charge >= 0.3 is 0 Å². The molecule has 1 amide bonds. The average Bonchev–Trinajstić information content (AvgIpc) is 3.47. The molecule has 0 spiro atoms. The molecule has 2 aliphatic heterocycles. The Kier molecular flexibility index (Phi) is 9.43. The minimum atomic E-state index is -0.722. The summed E-state index contributed by atoms with van der Waals surface area (Å²) < 4.78 is 24.7. The van der Waals surface area contributed by atoms with Crippen LogP contribution in [0.25, 0.3) is 0 Å². The maximum Gasteiger partial charge on any atom is 0.263 e. The summed E-state index contributed by atoms with van der Waals surface area (Å²) in [5.41, 5.74) is 0.236. The Morgan fingerprint density at radius 3 is 2.63 bits per heavy atom. The second-order valence-corrected chi connectivity index (χ2v) is 9.86. The number of ether oxygens (including phenoxy) is 1. The molecule has 0 aliphatic carbocycles. The van der Waals surface area contributed by atoms with Gasteiger partial charge in [0.15, 0.2) is 23.5 Å². The van der Waals surface area contributed by atoms with E-state index in [0.29, 0.717) is 25.3 Å². The van der Waals surface area contributed by atoms with Gasteiger partial charge in [-0.2, -0.15) is 4.37 Å². The lowest BCUT2D eigenvalue weighted by Gasteiger charge is -2.36. The number of aromatic nitrogens is 2. The Morgan fingerprint density at radius 1 is 1.26 bits per heavy atom. The molecule has 11 heteroatoms. The summed E-state index contributed by atoms with van der Waals surface area (Å²) in [6.45, 7) is 6.28. The molecule has 1 unspecified atom stereocenters. The van der Waals surface area contributed by atoms with E-state index >= 15 is 0 Å². The van der Waals surface area contributed by atoms with Gasteiger partial charge in [0.25, 0.3) is 5.91 Å². The third kappa shape index (κ3) is 6.29. The number of Topliss-reactive ketones (excluding diaryl/α,β-unsaturated/α-hetero) is 1. The molecule has 35 heavy (non-hydrogen) atoms. The standard InChI is InChI=1S/C24H31FN4O4S.ClH/c1-15(2)22-26-24(34-27-22)28-10-7-17(8-11-28)29-12-9-21(23(29)32)33-20-6-5-16(14-18(20)25)19(31)4-3-13-30;/h5-6,14-15,17,21,30H,3-4,7-13H2,1-2H3;1H. The van der Waals surface area contributed by atoms with Crippen LogP contribution in [0.15, 0.2) is 18.2 Å². The van der Waals surface area contributed by atoms with Crippen LogP contribution in [-0.4, -0.2) is 69.4 Å². The maximum atomic E-state index is 14.6. The van der Waals surface area contributed by atoms with E-state index in [0.717, 1.165) is 43.0 Å². The van der Waals surface area contributed by atoms with Crippen LogP contribution in [0.3, 0.4) is 0 Å². The lowest BCUT2D eigenvalue weighted by molar-refractivity contribution is -0.135. The number of ketones is 1. The molecule has 2 saturated heterocycles. The molecule has 0 radical (unpaired) electrons. The van der Waals surface area contributed by atoms with Crippen LogP contribution in [0.4, 0.5) is 9.52 Å². The molecule has 8 nitrogen and oxygen atoms in total. The monoisotopic (exact) mass is 526 g/mol. The zero-order valence-electron chi connectivity index (χ0n) is 20.0. The quantitative estimate of drug-likeness (QED) is 0.496. The van der Waals surface area contributed by atoms with Crippen LogP contribution >= 0.6 is 23.9 Å².